The van der Waals surface area contributed by atoms with Crippen molar-refractivity contribution in [2.24, 2.45) is 11.8 Å². The molecule has 0 saturated carbocycles. The second-order valence-corrected chi connectivity index (χ2v) is 9.03. The Kier molecular flexibility index (Phi) is 3.99. The molecule has 7 heteroatoms. The van der Waals surface area contributed by atoms with E-state index in [4.69, 9.17) is 9.47 Å². The predicted molar refractivity (Wildman–Crippen MR) is 115 cm³/mol. The fourth-order valence-electron chi connectivity index (χ4n) is 6.21. The number of hydrogen-bond donors (Lipinski definition) is 0. The molecule has 1 aromatic heterocycles. The summed E-state index contributed by atoms with van der Waals surface area (Å²) >= 11 is 1.29. The molecule has 31 heavy (non-hydrogen) atoms. The van der Waals surface area contributed by atoms with E-state index >= 15 is 0 Å². The monoisotopic (exact) mass is 432 g/mol. The Hall–Kier alpha value is -2.87. The second kappa shape index (κ2) is 6.56. The first-order valence-electron chi connectivity index (χ1n) is 10.2. The van der Waals surface area contributed by atoms with Crippen LogP contribution in [0.4, 0.5) is 5.13 Å². The molecule has 156 valence electrons. The third kappa shape index (κ3) is 2.11. The maximum atomic E-state index is 14.0. The van der Waals surface area contributed by atoms with E-state index in [0.29, 0.717) is 5.13 Å². The van der Waals surface area contributed by atoms with Gasteiger partial charge in [0.2, 0.25) is 11.8 Å². The van der Waals surface area contributed by atoms with Crippen LogP contribution in [-0.4, -0.2) is 37.3 Å². The molecule has 2 bridgehead atoms. The van der Waals surface area contributed by atoms with Crippen LogP contribution in [0.1, 0.15) is 28.2 Å². The molecule has 1 aliphatic heterocycles. The summed E-state index contributed by atoms with van der Waals surface area (Å²) in [6.45, 7) is 0. The Labute approximate surface area is 183 Å². The van der Waals surface area contributed by atoms with Crippen molar-refractivity contribution in [1.82, 2.24) is 4.98 Å². The molecule has 3 aromatic rings. The number of nitrogens with zero attached hydrogens (tertiary/aromatic N) is 2. The van der Waals surface area contributed by atoms with Crippen molar-refractivity contribution in [3.05, 3.63) is 82.4 Å². The van der Waals surface area contributed by atoms with Crippen LogP contribution in [-0.2, 0) is 24.5 Å². The first-order chi connectivity index (χ1) is 15.2. The van der Waals surface area contributed by atoms with Crippen molar-refractivity contribution in [1.29, 1.82) is 0 Å². The number of carbonyl (C=O) groups is 2. The fraction of sp³-hybridized carbons (Fsp3) is 0.292. The lowest BCUT2D eigenvalue weighted by molar-refractivity contribution is -0.168. The van der Waals surface area contributed by atoms with Crippen LogP contribution in [0.3, 0.4) is 0 Å². The highest BCUT2D eigenvalue weighted by molar-refractivity contribution is 7.14. The summed E-state index contributed by atoms with van der Waals surface area (Å²) in [5, 5.41) is 2.19. The van der Waals surface area contributed by atoms with Crippen LogP contribution in [0.2, 0.25) is 0 Å². The molecule has 2 unspecified atom stereocenters. The summed E-state index contributed by atoms with van der Waals surface area (Å²) in [7, 11) is 3.17. The Morgan fingerprint density at radius 3 is 2.13 bits per heavy atom. The second-order valence-electron chi connectivity index (χ2n) is 8.15. The molecule has 2 atom stereocenters. The number of imide groups is 1. The molecule has 0 N–H and O–H groups in total. The Balaban J connectivity index is 1.71. The van der Waals surface area contributed by atoms with E-state index in [2.05, 4.69) is 17.1 Å². The highest BCUT2D eigenvalue weighted by atomic mass is 32.1. The van der Waals surface area contributed by atoms with Crippen molar-refractivity contribution in [2.75, 3.05) is 19.1 Å². The number of benzene rings is 2. The van der Waals surface area contributed by atoms with E-state index in [9.17, 15) is 9.59 Å². The molecule has 2 amide bonds. The van der Waals surface area contributed by atoms with Crippen LogP contribution >= 0.6 is 11.3 Å². The molecule has 2 heterocycles. The summed E-state index contributed by atoms with van der Waals surface area (Å²) in [6.07, 6.45) is 0.875. The summed E-state index contributed by atoms with van der Waals surface area (Å²) < 4.78 is 11.7. The van der Waals surface area contributed by atoms with Gasteiger partial charge in [0.15, 0.2) is 11.4 Å². The first-order valence-corrected chi connectivity index (χ1v) is 11.1. The zero-order valence-electron chi connectivity index (χ0n) is 17.0. The van der Waals surface area contributed by atoms with Crippen molar-refractivity contribution < 1.29 is 19.1 Å². The predicted octanol–water partition coefficient (Wildman–Crippen LogP) is 3.31. The molecule has 0 spiro atoms. The van der Waals surface area contributed by atoms with Gasteiger partial charge in [0, 0.05) is 31.7 Å². The highest BCUT2D eigenvalue weighted by Crippen LogP contribution is 2.65. The Morgan fingerprint density at radius 2 is 1.58 bits per heavy atom. The lowest BCUT2D eigenvalue weighted by Gasteiger charge is -2.56. The van der Waals surface area contributed by atoms with Crippen LogP contribution in [0.15, 0.2) is 60.1 Å². The average Bonchev–Trinajstić information content (AvgIpc) is 3.42. The number of methoxy groups -OCH3 is 2. The number of hydrogen-bond acceptors (Lipinski definition) is 6. The van der Waals surface area contributed by atoms with Gasteiger partial charge in [-0.25, -0.2) is 9.88 Å². The van der Waals surface area contributed by atoms with E-state index in [0.717, 1.165) is 22.3 Å². The minimum absolute atomic E-state index is 0.199. The van der Waals surface area contributed by atoms with Crippen molar-refractivity contribution in [3.63, 3.8) is 0 Å². The summed E-state index contributed by atoms with van der Waals surface area (Å²) in [4.78, 5) is 33.3. The number of anilines is 1. The minimum Gasteiger partial charge on any atom is -0.355 e. The number of aromatic nitrogens is 1. The average molecular weight is 433 g/mol. The van der Waals surface area contributed by atoms with Gasteiger partial charge in [0.1, 0.15) is 0 Å². The molecule has 4 aliphatic rings. The maximum Gasteiger partial charge on any atom is 0.241 e. The third-order valence-electron chi connectivity index (χ3n) is 7.09. The van der Waals surface area contributed by atoms with Gasteiger partial charge in [-0.05, 0) is 22.3 Å². The molecular weight excluding hydrogens is 412 g/mol. The zero-order chi connectivity index (χ0) is 21.3. The van der Waals surface area contributed by atoms with Gasteiger partial charge in [0.05, 0.1) is 17.3 Å². The summed E-state index contributed by atoms with van der Waals surface area (Å²) in [6, 6.07) is 16.1. The number of amides is 2. The van der Waals surface area contributed by atoms with Crippen LogP contribution in [0.5, 0.6) is 0 Å². The van der Waals surface area contributed by atoms with E-state index in [-0.39, 0.29) is 17.7 Å². The number of carbonyl (C=O) groups excluding carboxylic acids is 2. The Bertz CT molecular complexity index is 1160. The zero-order valence-corrected chi connectivity index (χ0v) is 17.8. The van der Waals surface area contributed by atoms with E-state index in [1.807, 2.05) is 36.4 Å². The van der Waals surface area contributed by atoms with Crippen molar-refractivity contribution >= 4 is 28.3 Å². The molecule has 7 rings (SSSR count). The van der Waals surface area contributed by atoms with Gasteiger partial charge in [0.25, 0.3) is 0 Å². The number of thiazole rings is 1. The lowest BCUT2D eigenvalue weighted by atomic mass is 9.47. The molecule has 0 radical (unpaired) electrons. The van der Waals surface area contributed by atoms with Gasteiger partial charge in [-0.1, -0.05) is 48.5 Å². The topological polar surface area (TPSA) is 68.7 Å². The summed E-state index contributed by atoms with van der Waals surface area (Å²) in [5.41, 5.74) is 3.17. The Morgan fingerprint density at radius 1 is 0.968 bits per heavy atom. The molecule has 6 nitrogen and oxygen atoms in total. The SMILES string of the molecule is COC(OC)C12c3ccccc3C(c3ccccc31)C1C(=O)N(c3nccs3)C(=O)C12. The lowest BCUT2D eigenvalue weighted by Crippen LogP contribution is -2.60. The first kappa shape index (κ1) is 18.9. The maximum absolute atomic E-state index is 14.0. The van der Waals surface area contributed by atoms with Gasteiger partial charge in [-0.3, -0.25) is 9.59 Å². The van der Waals surface area contributed by atoms with Gasteiger partial charge in [-0.15, -0.1) is 11.3 Å². The molecule has 2 aromatic carbocycles. The smallest absolute Gasteiger partial charge is 0.241 e. The quantitative estimate of drug-likeness (QED) is 0.467. The largest absolute Gasteiger partial charge is 0.355 e. The molecular formula is C24H20N2O4S. The van der Waals surface area contributed by atoms with Crippen molar-refractivity contribution in [3.8, 4) is 0 Å². The molecule has 1 saturated heterocycles. The number of ether oxygens (including phenoxy) is 2. The minimum atomic E-state index is -0.936. The fourth-order valence-corrected chi connectivity index (χ4v) is 6.86. The van der Waals surface area contributed by atoms with E-state index < -0.39 is 23.5 Å². The molecule has 1 fully saturated rings. The molecule has 3 aliphatic carbocycles. The van der Waals surface area contributed by atoms with Gasteiger partial charge >= 0.3 is 0 Å². The highest BCUT2D eigenvalue weighted by Gasteiger charge is 2.71. The van der Waals surface area contributed by atoms with E-state index in [1.54, 1.807) is 25.8 Å². The standard InChI is InChI=1S/C24H20N2O4S/c1-29-22(30-2)24-15-9-5-3-7-13(15)17(14-8-4-6-10-16(14)24)18-19(24)21(28)26(20(18)27)23-25-11-12-31-23/h3-12,17-19,22H,1-2H3. The van der Waals surface area contributed by atoms with Crippen LogP contribution in [0.25, 0.3) is 0 Å². The van der Waals surface area contributed by atoms with Gasteiger partial charge in [-0.2, -0.15) is 0 Å². The van der Waals surface area contributed by atoms with E-state index in [1.165, 1.54) is 16.2 Å². The third-order valence-corrected chi connectivity index (χ3v) is 7.85. The van der Waals surface area contributed by atoms with Crippen LogP contribution in [0, 0.1) is 11.8 Å². The summed E-state index contributed by atoms with van der Waals surface area (Å²) in [5.74, 6) is -1.81. The van der Waals surface area contributed by atoms with Crippen LogP contribution < -0.4 is 4.90 Å². The van der Waals surface area contributed by atoms with Crippen molar-refractivity contribution in [2.45, 2.75) is 17.6 Å². The van der Waals surface area contributed by atoms with Gasteiger partial charge < -0.3 is 9.47 Å². The number of rotatable bonds is 4. The normalized spacial score (nSPS) is 28.1.